The summed E-state index contributed by atoms with van der Waals surface area (Å²) in [7, 11) is 2.15. The number of likely N-dealkylation sites (tertiary alicyclic amines) is 1. The summed E-state index contributed by atoms with van der Waals surface area (Å²) in [6, 6.07) is 6.49. The van der Waals surface area contributed by atoms with Gasteiger partial charge in [-0.3, -0.25) is 0 Å². The van der Waals surface area contributed by atoms with Crippen molar-refractivity contribution in [1.29, 1.82) is 5.26 Å². The molecule has 3 nitrogen and oxygen atoms in total. The van der Waals surface area contributed by atoms with Crippen molar-refractivity contribution in [2.24, 2.45) is 0 Å². The van der Waals surface area contributed by atoms with Gasteiger partial charge in [0.05, 0.1) is 0 Å². The Hall–Kier alpha value is -1.18. The summed E-state index contributed by atoms with van der Waals surface area (Å²) in [6.45, 7) is 3.92. The first-order chi connectivity index (χ1) is 8.69. The fourth-order valence-corrected chi connectivity index (χ4v) is 2.82. The van der Waals surface area contributed by atoms with Gasteiger partial charge in [-0.25, -0.2) is 0 Å². The lowest BCUT2D eigenvalue weighted by molar-refractivity contribution is 0.198. The van der Waals surface area contributed by atoms with Crippen LogP contribution in [-0.4, -0.2) is 31.1 Å². The zero-order chi connectivity index (χ0) is 13.0. The molecule has 0 N–H and O–H groups in total. The summed E-state index contributed by atoms with van der Waals surface area (Å²) < 4.78 is 5.86. The van der Waals surface area contributed by atoms with Crippen LogP contribution in [0.1, 0.15) is 18.4 Å². The van der Waals surface area contributed by atoms with Gasteiger partial charge in [-0.1, -0.05) is 0 Å². The van der Waals surface area contributed by atoms with Crippen LogP contribution in [-0.2, 0) is 0 Å². The molecule has 1 fully saturated rings. The molecule has 0 spiro atoms. The number of aryl methyl sites for hydroxylation is 1. The molecule has 1 atom stereocenters. The van der Waals surface area contributed by atoms with E-state index in [2.05, 4.69) is 17.3 Å². The first-order valence-corrected chi connectivity index (χ1v) is 7.01. The molecule has 0 aromatic heterocycles. The van der Waals surface area contributed by atoms with Crippen molar-refractivity contribution in [3.63, 3.8) is 0 Å². The zero-order valence-corrected chi connectivity index (χ0v) is 11.7. The lowest BCUT2D eigenvalue weighted by Crippen LogP contribution is -2.30. The van der Waals surface area contributed by atoms with E-state index in [-0.39, 0.29) is 0 Å². The predicted molar refractivity (Wildman–Crippen MR) is 73.8 cm³/mol. The van der Waals surface area contributed by atoms with Crippen molar-refractivity contribution < 1.29 is 4.74 Å². The molecule has 1 aliphatic rings. The maximum absolute atomic E-state index is 8.70. The first kappa shape index (κ1) is 13.3. The highest BCUT2D eigenvalue weighted by atomic mass is 32.2. The van der Waals surface area contributed by atoms with E-state index in [0.717, 1.165) is 29.4 Å². The number of hydrogen-bond donors (Lipinski definition) is 0. The molecule has 18 heavy (non-hydrogen) atoms. The second kappa shape index (κ2) is 6.12. The van der Waals surface area contributed by atoms with E-state index >= 15 is 0 Å². The fourth-order valence-electron chi connectivity index (χ4n) is 2.29. The van der Waals surface area contributed by atoms with Crippen molar-refractivity contribution in [3.05, 3.63) is 23.8 Å². The van der Waals surface area contributed by atoms with Gasteiger partial charge in [-0.2, -0.15) is 5.26 Å². The van der Waals surface area contributed by atoms with Crippen LogP contribution in [0.3, 0.4) is 0 Å². The monoisotopic (exact) mass is 262 g/mol. The van der Waals surface area contributed by atoms with Crippen LogP contribution in [0.2, 0.25) is 0 Å². The second-order valence-electron chi connectivity index (χ2n) is 4.76. The van der Waals surface area contributed by atoms with Crippen LogP contribution < -0.4 is 4.74 Å². The molecule has 4 heteroatoms. The van der Waals surface area contributed by atoms with Gasteiger partial charge in [-0.15, -0.1) is 0 Å². The van der Waals surface area contributed by atoms with E-state index in [4.69, 9.17) is 10.00 Å². The molecule has 1 heterocycles. The molecule has 0 amide bonds. The molecule has 0 unspecified atom stereocenters. The summed E-state index contributed by atoms with van der Waals surface area (Å²) in [5, 5.41) is 10.8. The number of benzene rings is 1. The molecule has 0 aliphatic carbocycles. The van der Waals surface area contributed by atoms with E-state index < -0.39 is 0 Å². The molecule has 1 aromatic rings. The summed E-state index contributed by atoms with van der Waals surface area (Å²) in [5.41, 5.74) is 1.13. The highest BCUT2D eigenvalue weighted by Crippen LogP contribution is 2.25. The topological polar surface area (TPSA) is 36.3 Å². The van der Waals surface area contributed by atoms with E-state index in [1.54, 1.807) is 0 Å². The quantitative estimate of drug-likeness (QED) is 0.617. The Morgan fingerprint density at radius 3 is 3.00 bits per heavy atom. The van der Waals surface area contributed by atoms with Gasteiger partial charge >= 0.3 is 0 Å². The van der Waals surface area contributed by atoms with Gasteiger partial charge in [0, 0.05) is 10.9 Å². The fraction of sp³-hybridized carbons (Fsp3) is 0.500. The Bertz CT molecular complexity index is 456. The van der Waals surface area contributed by atoms with Gasteiger partial charge < -0.3 is 9.64 Å². The van der Waals surface area contributed by atoms with Crippen molar-refractivity contribution in [1.82, 2.24) is 4.90 Å². The van der Waals surface area contributed by atoms with Crippen molar-refractivity contribution in [2.45, 2.75) is 30.7 Å². The minimum Gasteiger partial charge on any atom is -0.492 e. The van der Waals surface area contributed by atoms with Gasteiger partial charge in [-0.05, 0) is 68.9 Å². The van der Waals surface area contributed by atoms with Crippen molar-refractivity contribution >= 4 is 11.8 Å². The smallest absolute Gasteiger partial charge is 0.138 e. The van der Waals surface area contributed by atoms with Crippen LogP contribution in [0.25, 0.3) is 0 Å². The minimum absolute atomic E-state index is 0.526. The van der Waals surface area contributed by atoms with Gasteiger partial charge in [0.15, 0.2) is 0 Å². The summed E-state index contributed by atoms with van der Waals surface area (Å²) in [4.78, 5) is 3.30. The van der Waals surface area contributed by atoms with Gasteiger partial charge in [0.25, 0.3) is 0 Å². The molecule has 1 saturated heterocycles. The number of likely N-dealkylation sites (N-methyl/N-ethyl adjacent to an activating group) is 1. The van der Waals surface area contributed by atoms with Crippen LogP contribution in [0.4, 0.5) is 0 Å². The summed E-state index contributed by atoms with van der Waals surface area (Å²) in [6.07, 6.45) is 2.47. The highest BCUT2D eigenvalue weighted by molar-refractivity contribution is 8.03. The van der Waals surface area contributed by atoms with E-state index in [9.17, 15) is 0 Å². The summed E-state index contributed by atoms with van der Waals surface area (Å²) >= 11 is 1.18. The Morgan fingerprint density at radius 2 is 2.33 bits per heavy atom. The molecule has 2 rings (SSSR count). The third kappa shape index (κ3) is 3.41. The van der Waals surface area contributed by atoms with Crippen molar-refractivity contribution in [3.8, 4) is 11.2 Å². The van der Waals surface area contributed by atoms with Crippen LogP contribution >= 0.6 is 11.8 Å². The first-order valence-electron chi connectivity index (χ1n) is 6.19. The lowest BCUT2D eigenvalue weighted by Gasteiger charge is -2.20. The maximum atomic E-state index is 8.70. The standard InChI is InChI=1S/C14H18N2OS/c1-11-6-13(8-14(7-11)18-10-15)17-9-12-4-3-5-16(12)2/h6-8,12H,3-5,9H2,1-2H3/t12-/m0/s1. The normalized spacial score (nSPS) is 19.7. The Balaban J connectivity index is 1.98. The SMILES string of the molecule is Cc1cc(OC[C@@H]2CCCN2C)cc(SC#N)c1. The molecule has 96 valence electrons. The third-order valence-corrected chi connectivity index (χ3v) is 3.86. The number of thioether (sulfide) groups is 1. The zero-order valence-electron chi connectivity index (χ0n) is 10.8. The molecular weight excluding hydrogens is 244 g/mol. The molecule has 1 aromatic carbocycles. The van der Waals surface area contributed by atoms with E-state index in [1.807, 2.05) is 25.1 Å². The molecule has 0 saturated carbocycles. The molecule has 0 radical (unpaired) electrons. The number of nitriles is 1. The number of thiocyanates is 1. The average molecular weight is 262 g/mol. The van der Waals surface area contributed by atoms with Crippen molar-refractivity contribution in [2.75, 3.05) is 20.2 Å². The number of rotatable bonds is 4. The van der Waals surface area contributed by atoms with E-state index in [0.29, 0.717) is 6.04 Å². The number of nitrogens with zero attached hydrogens (tertiary/aromatic N) is 2. The number of ether oxygens (including phenoxy) is 1. The van der Waals surface area contributed by atoms with Crippen LogP contribution in [0.15, 0.2) is 23.1 Å². The predicted octanol–water partition coefficient (Wildman–Crippen LogP) is 3.04. The minimum atomic E-state index is 0.526. The highest BCUT2D eigenvalue weighted by Gasteiger charge is 2.21. The molecular formula is C14H18N2OS. The van der Waals surface area contributed by atoms with Crippen LogP contribution in [0.5, 0.6) is 5.75 Å². The molecule has 1 aliphatic heterocycles. The Morgan fingerprint density at radius 1 is 1.50 bits per heavy atom. The second-order valence-corrected chi connectivity index (χ2v) is 5.62. The van der Waals surface area contributed by atoms with E-state index in [1.165, 1.54) is 24.6 Å². The van der Waals surface area contributed by atoms with Gasteiger partial charge in [0.2, 0.25) is 0 Å². The van der Waals surface area contributed by atoms with Crippen LogP contribution in [0, 0.1) is 17.6 Å². The molecule has 0 bridgehead atoms. The lowest BCUT2D eigenvalue weighted by atomic mass is 10.2. The Labute approximate surface area is 113 Å². The Kier molecular flexibility index (Phi) is 4.51. The average Bonchev–Trinajstić information content (AvgIpc) is 2.72. The third-order valence-electron chi connectivity index (χ3n) is 3.30. The van der Waals surface area contributed by atoms with Gasteiger partial charge in [0.1, 0.15) is 17.8 Å². The summed E-state index contributed by atoms with van der Waals surface area (Å²) in [5.74, 6) is 0.869. The maximum Gasteiger partial charge on any atom is 0.138 e. The largest absolute Gasteiger partial charge is 0.492 e. The number of hydrogen-bond acceptors (Lipinski definition) is 4.